The predicted octanol–water partition coefficient (Wildman–Crippen LogP) is 4.45. The van der Waals surface area contributed by atoms with Crippen LogP contribution in [0, 0.1) is 0 Å². The minimum Gasteiger partial charge on any atom is -0.233 e. The lowest BCUT2D eigenvalue weighted by molar-refractivity contribution is 0.411. The summed E-state index contributed by atoms with van der Waals surface area (Å²) in [7, 11) is 0. The molecule has 1 aliphatic carbocycles. The number of fused-ring (bicyclic) bond motifs is 1. The molecular formula is C16H14BrN3. The highest BCUT2D eigenvalue weighted by Gasteiger charge is 2.21. The fraction of sp³-hybridized carbons (Fsp3) is 0.250. The van der Waals surface area contributed by atoms with Gasteiger partial charge in [-0.25, -0.2) is 9.67 Å². The molecule has 20 heavy (non-hydrogen) atoms. The van der Waals surface area contributed by atoms with Gasteiger partial charge in [0.2, 0.25) is 0 Å². The third-order valence-electron chi connectivity index (χ3n) is 4.03. The van der Waals surface area contributed by atoms with Crippen LogP contribution in [0.4, 0.5) is 0 Å². The number of rotatable bonds is 2. The molecular weight excluding hydrogens is 314 g/mol. The fourth-order valence-corrected chi connectivity index (χ4v) is 3.01. The highest BCUT2D eigenvalue weighted by Crippen LogP contribution is 2.35. The van der Waals surface area contributed by atoms with Crippen LogP contribution in [0.15, 0.2) is 47.1 Å². The van der Waals surface area contributed by atoms with E-state index in [-0.39, 0.29) is 0 Å². The molecule has 1 fully saturated rings. The predicted molar refractivity (Wildman–Crippen MR) is 83.2 cm³/mol. The maximum absolute atomic E-state index is 4.80. The van der Waals surface area contributed by atoms with Crippen LogP contribution < -0.4 is 0 Å². The zero-order valence-corrected chi connectivity index (χ0v) is 12.5. The molecule has 0 radical (unpaired) electrons. The number of nitrogens with zero attached hydrogens (tertiary/aromatic N) is 3. The summed E-state index contributed by atoms with van der Waals surface area (Å²) >= 11 is 3.52. The van der Waals surface area contributed by atoms with Crippen molar-refractivity contribution >= 4 is 26.8 Å². The molecule has 0 spiro atoms. The van der Waals surface area contributed by atoms with Crippen LogP contribution >= 0.6 is 15.9 Å². The molecule has 2 aromatic heterocycles. The summed E-state index contributed by atoms with van der Waals surface area (Å²) in [6.07, 6.45) is 5.75. The topological polar surface area (TPSA) is 30.7 Å². The second-order valence-electron chi connectivity index (χ2n) is 5.31. The van der Waals surface area contributed by atoms with Crippen molar-refractivity contribution < 1.29 is 0 Å². The minimum absolute atomic E-state index is 0.642. The summed E-state index contributed by atoms with van der Waals surface area (Å²) in [6.45, 7) is 0. The van der Waals surface area contributed by atoms with Crippen LogP contribution in [0.5, 0.6) is 0 Å². The second-order valence-corrected chi connectivity index (χ2v) is 6.22. The monoisotopic (exact) mass is 327 g/mol. The van der Waals surface area contributed by atoms with Crippen molar-refractivity contribution in [1.82, 2.24) is 14.8 Å². The van der Waals surface area contributed by atoms with Gasteiger partial charge in [-0.1, -0.05) is 34.5 Å². The van der Waals surface area contributed by atoms with Gasteiger partial charge in [0.05, 0.1) is 11.7 Å². The van der Waals surface area contributed by atoms with Gasteiger partial charge >= 0.3 is 0 Å². The minimum atomic E-state index is 0.642. The zero-order chi connectivity index (χ0) is 13.5. The van der Waals surface area contributed by atoms with E-state index in [9.17, 15) is 0 Å². The van der Waals surface area contributed by atoms with Gasteiger partial charge in [0.15, 0.2) is 5.82 Å². The largest absolute Gasteiger partial charge is 0.233 e. The lowest BCUT2D eigenvalue weighted by atomic mass is 9.83. The van der Waals surface area contributed by atoms with Gasteiger partial charge in [0.25, 0.3) is 0 Å². The summed E-state index contributed by atoms with van der Waals surface area (Å²) in [5.74, 6) is 1.55. The number of aromatic nitrogens is 3. The molecule has 0 atom stereocenters. The molecule has 3 nitrogen and oxygen atoms in total. The Kier molecular flexibility index (Phi) is 2.84. The van der Waals surface area contributed by atoms with Crippen molar-refractivity contribution in [2.24, 2.45) is 0 Å². The van der Waals surface area contributed by atoms with Crippen LogP contribution in [-0.2, 0) is 0 Å². The first kappa shape index (κ1) is 12.1. The lowest BCUT2D eigenvalue weighted by Gasteiger charge is -2.24. The van der Waals surface area contributed by atoms with Crippen LogP contribution in [-0.4, -0.2) is 14.8 Å². The van der Waals surface area contributed by atoms with Crippen molar-refractivity contribution in [1.29, 1.82) is 0 Å². The molecule has 0 aliphatic heterocycles. The lowest BCUT2D eigenvalue weighted by Crippen LogP contribution is -2.12. The molecule has 1 aliphatic rings. The number of hydrogen-bond acceptors (Lipinski definition) is 2. The Morgan fingerprint density at radius 2 is 2.05 bits per heavy atom. The van der Waals surface area contributed by atoms with Crippen LogP contribution in [0.25, 0.3) is 16.7 Å². The standard InChI is InChI=1S/C16H14BrN3/c17-13-8-7-12-10-18-20(15(12)9-13)16-6-2-5-14(19-16)11-3-1-4-11/h2,5-11H,1,3-4H2. The maximum Gasteiger partial charge on any atom is 0.154 e. The smallest absolute Gasteiger partial charge is 0.154 e. The van der Waals surface area contributed by atoms with Gasteiger partial charge in [-0.3, -0.25) is 0 Å². The van der Waals surface area contributed by atoms with Crippen LogP contribution in [0.3, 0.4) is 0 Å². The van der Waals surface area contributed by atoms with E-state index in [0.717, 1.165) is 21.2 Å². The average molecular weight is 328 g/mol. The molecule has 1 saturated carbocycles. The van der Waals surface area contributed by atoms with Crippen molar-refractivity contribution in [3.8, 4) is 5.82 Å². The average Bonchev–Trinajstić information content (AvgIpc) is 2.80. The van der Waals surface area contributed by atoms with E-state index < -0.39 is 0 Å². The molecule has 4 heteroatoms. The van der Waals surface area contributed by atoms with E-state index in [1.807, 2.05) is 23.0 Å². The first-order valence-corrected chi connectivity index (χ1v) is 7.71. The van der Waals surface area contributed by atoms with E-state index >= 15 is 0 Å². The number of halogens is 1. The Morgan fingerprint density at radius 3 is 2.85 bits per heavy atom. The van der Waals surface area contributed by atoms with Gasteiger partial charge in [-0.05, 0) is 37.1 Å². The van der Waals surface area contributed by atoms with Gasteiger partial charge in [-0.2, -0.15) is 5.10 Å². The quantitative estimate of drug-likeness (QED) is 0.696. The number of pyridine rings is 1. The van der Waals surface area contributed by atoms with Gasteiger partial charge in [0.1, 0.15) is 0 Å². The van der Waals surface area contributed by atoms with E-state index in [0.29, 0.717) is 5.92 Å². The first-order chi connectivity index (χ1) is 9.81. The Hall–Kier alpha value is -1.68. The highest BCUT2D eigenvalue weighted by molar-refractivity contribution is 9.10. The summed E-state index contributed by atoms with van der Waals surface area (Å²) in [6, 6.07) is 12.4. The molecule has 3 aromatic rings. The van der Waals surface area contributed by atoms with E-state index in [2.05, 4.69) is 45.3 Å². The van der Waals surface area contributed by atoms with Crippen molar-refractivity contribution in [2.75, 3.05) is 0 Å². The fourth-order valence-electron chi connectivity index (χ4n) is 2.66. The van der Waals surface area contributed by atoms with Crippen molar-refractivity contribution in [3.05, 3.63) is 52.8 Å². The van der Waals surface area contributed by atoms with Crippen LogP contribution in [0.1, 0.15) is 30.9 Å². The summed E-state index contributed by atoms with van der Waals surface area (Å²) in [5.41, 5.74) is 2.28. The summed E-state index contributed by atoms with van der Waals surface area (Å²) < 4.78 is 2.98. The third kappa shape index (κ3) is 1.95. The molecule has 0 saturated heterocycles. The molecule has 0 bridgehead atoms. The maximum atomic E-state index is 4.80. The summed E-state index contributed by atoms with van der Waals surface area (Å²) in [4.78, 5) is 4.80. The summed E-state index contributed by atoms with van der Waals surface area (Å²) in [5, 5.41) is 5.61. The zero-order valence-electron chi connectivity index (χ0n) is 11.0. The highest BCUT2D eigenvalue weighted by atomic mass is 79.9. The molecule has 1 aromatic carbocycles. The molecule has 100 valence electrons. The van der Waals surface area contributed by atoms with Gasteiger partial charge in [-0.15, -0.1) is 0 Å². The normalized spacial score (nSPS) is 15.4. The van der Waals surface area contributed by atoms with E-state index in [4.69, 9.17) is 4.98 Å². The van der Waals surface area contributed by atoms with Crippen molar-refractivity contribution in [3.63, 3.8) is 0 Å². The molecule has 2 heterocycles. The van der Waals surface area contributed by atoms with Gasteiger partial charge in [0, 0.05) is 21.5 Å². The van der Waals surface area contributed by atoms with Gasteiger partial charge < -0.3 is 0 Å². The SMILES string of the molecule is Brc1ccc2cnn(-c3cccc(C4CCC4)n3)c2c1. The third-order valence-corrected chi connectivity index (χ3v) is 4.52. The second kappa shape index (κ2) is 4.70. The van der Waals surface area contributed by atoms with Crippen LogP contribution in [0.2, 0.25) is 0 Å². The van der Waals surface area contributed by atoms with E-state index in [1.165, 1.54) is 25.0 Å². The van der Waals surface area contributed by atoms with E-state index in [1.54, 1.807) is 0 Å². The Morgan fingerprint density at radius 1 is 1.15 bits per heavy atom. The Bertz CT molecular complexity index is 774. The Balaban J connectivity index is 1.84. The first-order valence-electron chi connectivity index (χ1n) is 6.92. The molecule has 4 rings (SSSR count). The van der Waals surface area contributed by atoms with Crippen molar-refractivity contribution in [2.45, 2.75) is 25.2 Å². The molecule has 0 N–H and O–H groups in total. The number of benzene rings is 1. The molecule has 0 unspecified atom stereocenters. The molecule has 0 amide bonds. The Labute approximate surface area is 125 Å². The number of hydrogen-bond donors (Lipinski definition) is 0.